The third kappa shape index (κ3) is 4.25. The van der Waals surface area contributed by atoms with Crippen LogP contribution < -0.4 is 0 Å². The molecule has 0 amide bonds. The Bertz CT molecular complexity index is 682. The molecule has 6 nitrogen and oxygen atoms in total. The molecule has 1 aromatic carbocycles. The summed E-state index contributed by atoms with van der Waals surface area (Å²) in [5.74, 6) is -1.47. The second-order valence-electron chi connectivity index (χ2n) is 6.18. The van der Waals surface area contributed by atoms with Crippen LogP contribution in [-0.2, 0) is 19.1 Å². The second-order valence-corrected chi connectivity index (χ2v) is 6.18. The van der Waals surface area contributed by atoms with Crippen LogP contribution in [-0.4, -0.2) is 41.2 Å². The Balaban J connectivity index is 2.58. The zero-order valence-electron chi connectivity index (χ0n) is 15.6. The molecular weight excluding hydrogens is 334 g/mol. The minimum atomic E-state index is -0.622. The first-order valence-electron chi connectivity index (χ1n) is 8.73. The molecule has 1 aliphatic heterocycles. The van der Waals surface area contributed by atoms with Crippen LogP contribution in [0.3, 0.4) is 0 Å². The molecule has 6 heteroatoms. The topological polar surface area (TPSA) is 76.1 Å². The number of phenols is 1. The number of carbonyl (C=O) groups is 2. The first-order chi connectivity index (χ1) is 12.4. The van der Waals surface area contributed by atoms with Crippen LogP contribution in [0, 0.1) is 0 Å². The van der Waals surface area contributed by atoms with Crippen molar-refractivity contribution < 1.29 is 24.2 Å². The molecule has 1 aliphatic rings. The number of hydrogen-bond acceptors (Lipinski definition) is 6. The molecule has 0 spiro atoms. The van der Waals surface area contributed by atoms with Crippen LogP contribution in [0.2, 0.25) is 0 Å². The number of ether oxygens (including phenoxy) is 2. The maximum absolute atomic E-state index is 12.6. The number of carbonyl (C=O) groups excluding carboxylic acids is 2. The van der Waals surface area contributed by atoms with Gasteiger partial charge in [0.1, 0.15) is 5.75 Å². The fraction of sp³-hybridized carbons (Fsp3) is 0.400. The van der Waals surface area contributed by atoms with Gasteiger partial charge in [0, 0.05) is 18.4 Å². The summed E-state index contributed by atoms with van der Waals surface area (Å²) in [5, 5.41) is 9.57. The molecule has 0 unspecified atom stereocenters. The minimum Gasteiger partial charge on any atom is -0.508 e. The molecule has 0 fully saturated rings. The standard InChI is InChI=1S/C20H25NO5/c1-5-25-19(23)16-11-21(13(3)4)12-17(20(24)26-6-2)18(16)14-7-9-15(22)10-8-14/h7-13,18,22H,5-6H2,1-4H3. The van der Waals surface area contributed by atoms with E-state index in [9.17, 15) is 14.7 Å². The van der Waals surface area contributed by atoms with E-state index in [2.05, 4.69) is 0 Å². The fourth-order valence-corrected chi connectivity index (χ4v) is 2.77. The van der Waals surface area contributed by atoms with Crippen LogP contribution in [0.15, 0.2) is 47.8 Å². The highest BCUT2D eigenvalue weighted by Crippen LogP contribution is 2.38. The van der Waals surface area contributed by atoms with E-state index in [4.69, 9.17) is 9.47 Å². The lowest BCUT2D eigenvalue weighted by atomic mass is 9.83. The Kier molecular flexibility index (Phi) is 6.44. The first-order valence-corrected chi connectivity index (χ1v) is 8.73. The SMILES string of the molecule is CCOC(=O)C1=CN(C(C)C)C=C(C(=O)OCC)C1c1ccc(O)cc1. The van der Waals surface area contributed by atoms with Crippen molar-refractivity contribution in [3.8, 4) is 5.75 Å². The van der Waals surface area contributed by atoms with Crippen LogP contribution >= 0.6 is 0 Å². The van der Waals surface area contributed by atoms with E-state index in [1.807, 2.05) is 13.8 Å². The number of benzene rings is 1. The van der Waals surface area contributed by atoms with E-state index < -0.39 is 17.9 Å². The fourth-order valence-electron chi connectivity index (χ4n) is 2.77. The summed E-state index contributed by atoms with van der Waals surface area (Å²) < 4.78 is 10.4. The molecule has 0 aliphatic carbocycles. The van der Waals surface area contributed by atoms with Crippen LogP contribution in [0.4, 0.5) is 0 Å². The van der Waals surface area contributed by atoms with Crippen molar-refractivity contribution in [2.45, 2.75) is 39.7 Å². The van der Waals surface area contributed by atoms with Gasteiger partial charge >= 0.3 is 11.9 Å². The van der Waals surface area contributed by atoms with E-state index in [1.165, 1.54) is 12.1 Å². The van der Waals surface area contributed by atoms with Crippen molar-refractivity contribution in [2.24, 2.45) is 0 Å². The molecule has 0 saturated carbocycles. The van der Waals surface area contributed by atoms with Crippen molar-refractivity contribution in [3.63, 3.8) is 0 Å². The van der Waals surface area contributed by atoms with Crippen molar-refractivity contribution >= 4 is 11.9 Å². The van der Waals surface area contributed by atoms with Crippen LogP contribution in [0.1, 0.15) is 39.2 Å². The lowest BCUT2D eigenvalue weighted by molar-refractivity contribution is -0.139. The highest BCUT2D eigenvalue weighted by atomic mass is 16.5. The van der Waals surface area contributed by atoms with Crippen molar-refractivity contribution in [1.82, 2.24) is 4.90 Å². The van der Waals surface area contributed by atoms with Gasteiger partial charge in [-0.15, -0.1) is 0 Å². The largest absolute Gasteiger partial charge is 0.508 e. The van der Waals surface area contributed by atoms with E-state index in [1.54, 1.807) is 43.3 Å². The third-order valence-corrected chi connectivity index (χ3v) is 4.04. The van der Waals surface area contributed by atoms with E-state index in [-0.39, 0.29) is 25.0 Å². The summed E-state index contributed by atoms with van der Waals surface area (Å²) in [5.41, 5.74) is 1.42. The van der Waals surface area contributed by atoms with Gasteiger partial charge in [-0.05, 0) is 45.4 Å². The molecule has 0 saturated heterocycles. The Morgan fingerprint density at radius 1 is 1.00 bits per heavy atom. The summed E-state index contributed by atoms with van der Waals surface area (Å²) in [6, 6.07) is 6.46. The molecule has 0 radical (unpaired) electrons. The summed E-state index contributed by atoms with van der Waals surface area (Å²) >= 11 is 0. The van der Waals surface area contributed by atoms with E-state index in [0.717, 1.165) is 0 Å². The average Bonchev–Trinajstić information content (AvgIpc) is 2.61. The number of rotatable bonds is 6. The van der Waals surface area contributed by atoms with Gasteiger partial charge in [0.05, 0.1) is 30.3 Å². The number of hydrogen-bond donors (Lipinski definition) is 1. The molecule has 0 atom stereocenters. The molecular formula is C20H25NO5. The molecule has 0 bridgehead atoms. The van der Waals surface area contributed by atoms with Crippen LogP contribution in [0.5, 0.6) is 5.75 Å². The molecule has 2 rings (SSSR count). The number of esters is 2. The van der Waals surface area contributed by atoms with E-state index in [0.29, 0.717) is 16.7 Å². The van der Waals surface area contributed by atoms with Crippen LogP contribution in [0.25, 0.3) is 0 Å². The first kappa shape index (κ1) is 19.6. The van der Waals surface area contributed by atoms with Gasteiger partial charge < -0.3 is 19.5 Å². The third-order valence-electron chi connectivity index (χ3n) is 4.04. The maximum atomic E-state index is 12.6. The summed E-state index contributed by atoms with van der Waals surface area (Å²) in [6.07, 6.45) is 3.42. The van der Waals surface area contributed by atoms with Crippen molar-refractivity contribution in [1.29, 1.82) is 0 Å². The smallest absolute Gasteiger partial charge is 0.336 e. The zero-order chi connectivity index (χ0) is 19.3. The quantitative estimate of drug-likeness (QED) is 0.787. The van der Waals surface area contributed by atoms with E-state index >= 15 is 0 Å². The Hall–Kier alpha value is -2.76. The molecule has 1 aromatic rings. The predicted octanol–water partition coefficient (Wildman–Crippen LogP) is 3.09. The normalized spacial score (nSPS) is 14.7. The molecule has 0 aromatic heterocycles. The van der Waals surface area contributed by atoms with Gasteiger partial charge in [-0.2, -0.15) is 0 Å². The minimum absolute atomic E-state index is 0.0459. The van der Waals surface area contributed by atoms with Gasteiger partial charge in [-0.25, -0.2) is 9.59 Å². The van der Waals surface area contributed by atoms with Gasteiger partial charge in [-0.1, -0.05) is 12.1 Å². The lowest BCUT2D eigenvalue weighted by Crippen LogP contribution is -2.32. The monoisotopic (exact) mass is 359 g/mol. The molecule has 140 valence electrons. The Morgan fingerprint density at radius 2 is 1.46 bits per heavy atom. The number of phenolic OH excluding ortho intramolecular Hbond substituents is 1. The zero-order valence-corrected chi connectivity index (χ0v) is 15.6. The van der Waals surface area contributed by atoms with Crippen molar-refractivity contribution in [2.75, 3.05) is 13.2 Å². The number of nitrogens with zero attached hydrogens (tertiary/aromatic N) is 1. The average molecular weight is 359 g/mol. The molecule has 1 heterocycles. The lowest BCUT2D eigenvalue weighted by Gasteiger charge is -2.32. The highest BCUT2D eigenvalue weighted by molar-refractivity contribution is 5.98. The summed E-state index contributed by atoms with van der Waals surface area (Å²) in [6.45, 7) is 7.86. The summed E-state index contributed by atoms with van der Waals surface area (Å²) in [4.78, 5) is 27.0. The Labute approximate surface area is 153 Å². The maximum Gasteiger partial charge on any atom is 0.336 e. The van der Waals surface area contributed by atoms with Gasteiger partial charge in [-0.3, -0.25) is 0 Å². The van der Waals surface area contributed by atoms with Crippen molar-refractivity contribution in [3.05, 3.63) is 53.4 Å². The predicted molar refractivity (Wildman–Crippen MR) is 97.3 cm³/mol. The van der Waals surface area contributed by atoms with Gasteiger partial charge in [0.25, 0.3) is 0 Å². The Morgan fingerprint density at radius 3 is 1.85 bits per heavy atom. The second kappa shape index (κ2) is 8.56. The number of aromatic hydroxyl groups is 1. The highest BCUT2D eigenvalue weighted by Gasteiger charge is 2.35. The summed E-state index contributed by atoms with van der Waals surface area (Å²) in [7, 11) is 0. The molecule has 1 N–H and O–H groups in total. The van der Waals surface area contributed by atoms with Gasteiger partial charge in [0.2, 0.25) is 0 Å². The molecule has 26 heavy (non-hydrogen) atoms. The van der Waals surface area contributed by atoms with Gasteiger partial charge in [0.15, 0.2) is 0 Å².